The topological polar surface area (TPSA) is 62.0 Å². The normalized spacial score (nSPS) is 10.8. The molecule has 1 heterocycles. The maximum Gasteiger partial charge on any atom is 0.251 e. The van der Waals surface area contributed by atoms with Gasteiger partial charge in [-0.25, -0.2) is 0 Å². The third-order valence-corrected chi connectivity index (χ3v) is 5.21. The molecule has 0 bridgehead atoms. The maximum absolute atomic E-state index is 12.1. The van der Waals surface area contributed by atoms with Gasteiger partial charge in [-0.05, 0) is 37.1 Å². The molecule has 0 spiro atoms. The number of anilines is 1. The van der Waals surface area contributed by atoms with E-state index in [1.807, 2.05) is 50.2 Å². The number of thioether (sulfide) groups is 1. The van der Waals surface area contributed by atoms with Crippen LogP contribution >= 0.6 is 11.8 Å². The van der Waals surface area contributed by atoms with Crippen molar-refractivity contribution >= 4 is 34.3 Å². The predicted octanol–water partition coefficient (Wildman–Crippen LogP) is 4.02. The second kappa shape index (κ2) is 7.57. The van der Waals surface area contributed by atoms with E-state index in [1.54, 1.807) is 11.8 Å². The van der Waals surface area contributed by atoms with Crippen LogP contribution in [0.5, 0.6) is 0 Å². The van der Waals surface area contributed by atoms with E-state index in [1.165, 1.54) is 5.56 Å². The molecule has 128 valence electrons. The minimum Gasteiger partial charge on any atom is -0.325 e. The van der Waals surface area contributed by atoms with E-state index in [0.29, 0.717) is 11.4 Å². The molecule has 0 aliphatic carbocycles. The number of rotatable bonds is 5. The number of aryl methyl sites for hydroxylation is 1. The van der Waals surface area contributed by atoms with Gasteiger partial charge in [-0.2, -0.15) is 0 Å². The second-order valence-electron chi connectivity index (χ2n) is 5.99. The highest BCUT2D eigenvalue weighted by atomic mass is 32.2. The maximum atomic E-state index is 12.1. The Morgan fingerprint density at radius 2 is 1.84 bits per heavy atom. The molecule has 0 aliphatic rings. The lowest BCUT2D eigenvalue weighted by molar-refractivity contribution is -0.113. The van der Waals surface area contributed by atoms with Crippen LogP contribution in [-0.4, -0.2) is 16.6 Å². The first-order valence-corrected chi connectivity index (χ1v) is 9.25. The summed E-state index contributed by atoms with van der Waals surface area (Å²) >= 11 is 1.57. The standard InChI is InChI=1S/C20H20N2O2S/c1-13-14(2)20(24)22-18-10-16(8-9-17(13)18)21-19(23)12-25-11-15-6-4-3-5-7-15/h3-10H,11-12H2,1-2H3,(H,21,23)(H,22,24). The Labute approximate surface area is 150 Å². The first-order valence-electron chi connectivity index (χ1n) is 8.09. The first-order chi connectivity index (χ1) is 12.0. The number of H-pyrrole nitrogens is 1. The number of hydrogen-bond acceptors (Lipinski definition) is 3. The summed E-state index contributed by atoms with van der Waals surface area (Å²) < 4.78 is 0. The number of pyridine rings is 1. The number of aromatic nitrogens is 1. The van der Waals surface area contributed by atoms with Crippen molar-refractivity contribution in [2.24, 2.45) is 0 Å². The van der Waals surface area contributed by atoms with Gasteiger partial charge in [0, 0.05) is 22.4 Å². The molecule has 25 heavy (non-hydrogen) atoms. The average Bonchev–Trinajstić information content (AvgIpc) is 2.60. The third kappa shape index (κ3) is 4.12. The van der Waals surface area contributed by atoms with Crippen molar-refractivity contribution in [2.45, 2.75) is 19.6 Å². The number of aromatic amines is 1. The number of nitrogens with one attached hydrogen (secondary N) is 2. The monoisotopic (exact) mass is 352 g/mol. The molecule has 0 radical (unpaired) electrons. The molecule has 3 aromatic rings. The summed E-state index contributed by atoms with van der Waals surface area (Å²) in [7, 11) is 0. The molecule has 0 unspecified atom stereocenters. The SMILES string of the molecule is Cc1c(C)c2ccc(NC(=O)CSCc3ccccc3)cc2[nH]c1=O. The van der Waals surface area contributed by atoms with Crippen molar-refractivity contribution in [1.82, 2.24) is 4.98 Å². The van der Waals surface area contributed by atoms with E-state index in [2.05, 4.69) is 22.4 Å². The van der Waals surface area contributed by atoms with Crippen LogP contribution in [0.3, 0.4) is 0 Å². The van der Waals surface area contributed by atoms with Gasteiger partial charge in [0.05, 0.1) is 11.3 Å². The Hall–Kier alpha value is -2.53. The van der Waals surface area contributed by atoms with Crippen LogP contribution in [0.15, 0.2) is 53.3 Å². The highest BCUT2D eigenvalue weighted by molar-refractivity contribution is 7.99. The zero-order valence-corrected chi connectivity index (χ0v) is 15.1. The van der Waals surface area contributed by atoms with Crippen LogP contribution in [0.1, 0.15) is 16.7 Å². The fourth-order valence-electron chi connectivity index (χ4n) is 2.67. The van der Waals surface area contributed by atoms with Gasteiger partial charge in [0.1, 0.15) is 0 Å². The summed E-state index contributed by atoms with van der Waals surface area (Å²) in [5.74, 6) is 1.14. The van der Waals surface area contributed by atoms with Gasteiger partial charge in [0.25, 0.3) is 5.56 Å². The van der Waals surface area contributed by atoms with Crippen LogP contribution in [0.4, 0.5) is 5.69 Å². The fraction of sp³-hybridized carbons (Fsp3) is 0.200. The van der Waals surface area contributed by atoms with Crippen molar-refractivity contribution in [3.8, 4) is 0 Å². The molecule has 0 aliphatic heterocycles. The van der Waals surface area contributed by atoms with E-state index in [0.717, 1.165) is 27.8 Å². The van der Waals surface area contributed by atoms with Gasteiger partial charge in [-0.15, -0.1) is 11.8 Å². The number of fused-ring (bicyclic) bond motifs is 1. The highest BCUT2D eigenvalue weighted by Crippen LogP contribution is 2.21. The molecule has 0 saturated heterocycles. The first kappa shape index (κ1) is 17.3. The summed E-state index contributed by atoms with van der Waals surface area (Å²) in [5.41, 5.74) is 4.23. The van der Waals surface area contributed by atoms with E-state index < -0.39 is 0 Å². The molecule has 0 fully saturated rings. The molecule has 2 aromatic carbocycles. The summed E-state index contributed by atoms with van der Waals surface area (Å²) in [6.07, 6.45) is 0. The minimum atomic E-state index is -0.0908. The van der Waals surface area contributed by atoms with Crippen molar-refractivity contribution < 1.29 is 4.79 Å². The van der Waals surface area contributed by atoms with E-state index in [9.17, 15) is 9.59 Å². The van der Waals surface area contributed by atoms with Crippen LogP contribution in [-0.2, 0) is 10.5 Å². The lowest BCUT2D eigenvalue weighted by atomic mass is 10.1. The summed E-state index contributed by atoms with van der Waals surface area (Å²) in [4.78, 5) is 26.9. The predicted molar refractivity (Wildman–Crippen MR) is 105 cm³/mol. The molecule has 2 N–H and O–H groups in total. The summed E-state index contributed by atoms with van der Waals surface area (Å²) in [5, 5.41) is 3.89. The van der Waals surface area contributed by atoms with Gasteiger partial charge >= 0.3 is 0 Å². The molecule has 3 rings (SSSR count). The van der Waals surface area contributed by atoms with Gasteiger partial charge in [0.15, 0.2) is 0 Å². The molecule has 0 atom stereocenters. The lowest BCUT2D eigenvalue weighted by Crippen LogP contribution is -2.15. The van der Waals surface area contributed by atoms with Crippen LogP contribution in [0.2, 0.25) is 0 Å². The Morgan fingerprint density at radius 3 is 2.60 bits per heavy atom. The number of carbonyl (C=O) groups is 1. The average molecular weight is 352 g/mol. The number of benzene rings is 2. The molecular weight excluding hydrogens is 332 g/mol. The Bertz CT molecular complexity index is 965. The molecular formula is C20H20N2O2S. The summed E-state index contributed by atoms with van der Waals surface area (Å²) in [6.45, 7) is 3.75. The Balaban J connectivity index is 1.65. The Morgan fingerprint density at radius 1 is 1.08 bits per heavy atom. The van der Waals surface area contributed by atoms with E-state index in [4.69, 9.17) is 0 Å². The lowest BCUT2D eigenvalue weighted by Gasteiger charge is -2.09. The third-order valence-electron chi connectivity index (χ3n) is 4.20. The number of hydrogen-bond donors (Lipinski definition) is 2. The Kier molecular flexibility index (Phi) is 5.24. The van der Waals surface area contributed by atoms with Gasteiger partial charge < -0.3 is 10.3 Å². The minimum absolute atomic E-state index is 0.0496. The zero-order valence-electron chi connectivity index (χ0n) is 14.3. The van der Waals surface area contributed by atoms with Gasteiger partial charge in [-0.1, -0.05) is 36.4 Å². The zero-order chi connectivity index (χ0) is 17.8. The quantitative estimate of drug-likeness (QED) is 0.729. The number of amides is 1. The van der Waals surface area contributed by atoms with Crippen molar-refractivity contribution in [2.75, 3.05) is 11.1 Å². The van der Waals surface area contributed by atoms with Crippen LogP contribution in [0.25, 0.3) is 10.9 Å². The fourth-order valence-corrected chi connectivity index (χ4v) is 3.46. The molecule has 1 aromatic heterocycles. The van der Waals surface area contributed by atoms with Crippen molar-refractivity contribution in [3.05, 3.63) is 75.6 Å². The van der Waals surface area contributed by atoms with Crippen LogP contribution < -0.4 is 10.9 Å². The van der Waals surface area contributed by atoms with Crippen molar-refractivity contribution in [1.29, 1.82) is 0 Å². The molecule has 4 nitrogen and oxygen atoms in total. The molecule has 0 saturated carbocycles. The second-order valence-corrected chi connectivity index (χ2v) is 6.98. The summed E-state index contributed by atoms with van der Waals surface area (Å²) in [6, 6.07) is 15.7. The molecule has 1 amide bonds. The van der Waals surface area contributed by atoms with E-state index >= 15 is 0 Å². The largest absolute Gasteiger partial charge is 0.325 e. The molecule has 5 heteroatoms. The smallest absolute Gasteiger partial charge is 0.251 e. The van der Waals surface area contributed by atoms with Crippen molar-refractivity contribution in [3.63, 3.8) is 0 Å². The van der Waals surface area contributed by atoms with Gasteiger partial charge in [0.2, 0.25) is 5.91 Å². The van der Waals surface area contributed by atoms with Crippen LogP contribution in [0, 0.1) is 13.8 Å². The van der Waals surface area contributed by atoms with Gasteiger partial charge in [-0.3, -0.25) is 9.59 Å². The van der Waals surface area contributed by atoms with E-state index in [-0.39, 0.29) is 11.5 Å². The number of carbonyl (C=O) groups excluding carboxylic acids is 1. The highest BCUT2D eigenvalue weighted by Gasteiger charge is 2.08.